The highest BCUT2D eigenvalue weighted by Crippen LogP contribution is 2.38. The average molecular weight is 1220 g/mol. The van der Waals surface area contributed by atoms with E-state index in [1.807, 2.05) is 33.3 Å². The lowest BCUT2D eigenvalue weighted by Gasteiger charge is -2.30. The topological polar surface area (TPSA) is 114 Å². The zero-order valence-electron chi connectivity index (χ0n) is 56.5. The van der Waals surface area contributed by atoms with Gasteiger partial charge in [-0.25, -0.2) is 0 Å². The summed E-state index contributed by atoms with van der Waals surface area (Å²) in [4.78, 5) is 40.2. The highest BCUT2D eigenvalue weighted by Gasteiger charge is 2.27. The number of nitrogens with zero attached hydrogens (tertiary/aromatic N) is 1. The van der Waals surface area contributed by atoms with Crippen LogP contribution in [0.25, 0.3) is 0 Å². The lowest BCUT2D eigenvalue weighted by Crippen LogP contribution is -2.47. The van der Waals surface area contributed by atoms with Gasteiger partial charge < -0.3 is 28.5 Å². The molecular formula is C76H133N2O7P. The number of carbonyl (C=O) groups is 2. The van der Waals surface area contributed by atoms with Gasteiger partial charge in [-0.2, -0.15) is 0 Å². The highest BCUT2D eigenvalue weighted by molar-refractivity contribution is 7.45. The van der Waals surface area contributed by atoms with Crippen molar-refractivity contribution in [1.82, 2.24) is 5.32 Å². The Morgan fingerprint density at radius 2 is 0.744 bits per heavy atom. The number of amides is 1. The van der Waals surface area contributed by atoms with Crippen LogP contribution in [0.1, 0.15) is 297 Å². The van der Waals surface area contributed by atoms with E-state index in [4.69, 9.17) is 13.8 Å². The maximum atomic E-state index is 13.6. The fraction of sp³-hybridized carbons (Fsp3) is 0.711. The van der Waals surface area contributed by atoms with Gasteiger partial charge in [0.15, 0.2) is 0 Å². The minimum Gasteiger partial charge on any atom is -0.756 e. The Bertz CT molecular complexity index is 1890. The van der Waals surface area contributed by atoms with E-state index >= 15 is 0 Å². The first-order chi connectivity index (χ1) is 41.9. The predicted molar refractivity (Wildman–Crippen MR) is 371 cm³/mol. The van der Waals surface area contributed by atoms with Crippen LogP contribution in [0, 0.1) is 0 Å². The van der Waals surface area contributed by atoms with Gasteiger partial charge in [0, 0.05) is 12.8 Å². The third-order valence-corrected chi connectivity index (χ3v) is 16.1. The Balaban J connectivity index is 5.13. The molecule has 9 nitrogen and oxygen atoms in total. The number of phosphoric ester groups is 1. The molecule has 0 heterocycles. The molecule has 0 bridgehead atoms. The molecule has 0 aromatic heterocycles. The molecular weight excluding hydrogens is 1080 g/mol. The molecule has 3 unspecified atom stereocenters. The summed E-state index contributed by atoms with van der Waals surface area (Å²) < 4.78 is 30.4. The predicted octanol–water partition coefficient (Wildman–Crippen LogP) is 22.0. The Labute approximate surface area is 531 Å². The monoisotopic (exact) mass is 1220 g/mol. The van der Waals surface area contributed by atoms with Crippen molar-refractivity contribution < 1.29 is 37.3 Å². The van der Waals surface area contributed by atoms with Crippen LogP contribution in [-0.2, 0) is 27.9 Å². The lowest BCUT2D eigenvalue weighted by atomic mass is 10.0. The molecule has 0 aromatic carbocycles. The van der Waals surface area contributed by atoms with E-state index in [2.05, 4.69) is 135 Å². The normalized spacial score (nSPS) is 14.3. The van der Waals surface area contributed by atoms with Gasteiger partial charge in [0.1, 0.15) is 19.3 Å². The molecule has 0 aliphatic heterocycles. The number of ether oxygens (including phenoxy) is 1. The number of quaternary nitrogens is 1. The number of phosphoric acid groups is 1. The Hall–Kier alpha value is -3.59. The summed E-state index contributed by atoms with van der Waals surface area (Å²) in [6, 6.07) is -0.915. The molecule has 0 aliphatic rings. The van der Waals surface area contributed by atoms with Crippen LogP contribution in [0.4, 0.5) is 0 Å². The van der Waals surface area contributed by atoms with E-state index < -0.39 is 26.6 Å². The maximum absolute atomic E-state index is 13.6. The second-order valence-electron chi connectivity index (χ2n) is 24.6. The van der Waals surface area contributed by atoms with Crippen molar-refractivity contribution in [3.63, 3.8) is 0 Å². The summed E-state index contributed by atoms with van der Waals surface area (Å²) in [6.45, 7) is 6.68. The van der Waals surface area contributed by atoms with E-state index in [-0.39, 0.29) is 24.9 Å². The molecule has 86 heavy (non-hydrogen) atoms. The number of carbonyl (C=O) groups excluding carboxylic acids is 2. The molecule has 0 saturated carbocycles. The molecule has 0 radical (unpaired) electrons. The van der Waals surface area contributed by atoms with E-state index in [0.29, 0.717) is 23.9 Å². The van der Waals surface area contributed by atoms with E-state index in [1.165, 1.54) is 148 Å². The average Bonchev–Trinajstić information content (AvgIpc) is 3.69. The van der Waals surface area contributed by atoms with Crippen molar-refractivity contribution >= 4 is 19.7 Å². The van der Waals surface area contributed by atoms with Crippen molar-refractivity contribution in [3.05, 3.63) is 122 Å². The minimum atomic E-state index is -4.72. The largest absolute Gasteiger partial charge is 0.756 e. The number of likely N-dealkylation sites (N-methyl/N-ethyl adjacent to an activating group) is 1. The van der Waals surface area contributed by atoms with E-state index in [1.54, 1.807) is 0 Å². The van der Waals surface area contributed by atoms with Gasteiger partial charge >= 0.3 is 5.97 Å². The molecule has 0 aliphatic carbocycles. The standard InChI is InChI=1S/C76H133N2O7P/c1-7-10-13-16-19-22-25-28-30-32-34-36-37-38-39-40-41-43-44-46-48-50-53-56-59-62-65-68-75(79)77-73(72-84-86(81,82)83-71-70-78(4,5)6)74(67-64-61-58-55-52-27-24-21-18-15-12-9-3)85-76(80)69-66-63-60-57-54-51-49-47-45-42-35-33-31-29-26-23-20-17-14-11-8-2/h11,14,19-20,22-23,28-31,34-36,42,47,49,54,57,64,67,73-74H,7-10,12-13,15-18,21,24-27,32-33,37-41,43-46,48,50-53,55-56,58-63,65-66,68-72H2,1-6H3,(H-,77,79,81,82)/b14-11-,22-19-,23-20-,30-28-,31-29-,36-34-,42-35-,49-47-,57-54-,67-64-. The van der Waals surface area contributed by atoms with Crippen molar-refractivity contribution in [1.29, 1.82) is 0 Å². The fourth-order valence-corrected chi connectivity index (χ4v) is 10.4. The lowest BCUT2D eigenvalue weighted by molar-refractivity contribution is -0.870. The second-order valence-corrected chi connectivity index (χ2v) is 26.1. The molecule has 1 amide bonds. The van der Waals surface area contributed by atoms with Gasteiger partial charge in [0.05, 0.1) is 33.8 Å². The molecule has 0 saturated heterocycles. The Morgan fingerprint density at radius 3 is 1.15 bits per heavy atom. The first-order valence-electron chi connectivity index (χ1n) is 35.3. The maximum Gasteiger partial charge on any atom is 0.306 e. The Morgan fingerprint density at radius 1 is 0.419 bits per heavy atom. The van der Waals surface area contributed by atoms with Crippen LogP contribution >= 0.6 is 7.82 Å². The number of rotatable bonds is 63. The number of allylic oxidation sites excluding steroid dienone is 19. The van der Waals surface area contributed by atoms with Gasteiger partial charge in [-0.3, -0.25) is 14.2 Å². The molecule has 0 rings (SSSR count). The van der Waals surface area contributed by atoms with Gasteiger partial charge in [-0.1, -0.05) is 284 Å². The fourth-order valence-electron chi connectivity index (χ4n) is 9.71. The van der Waals surface area contributed by atoms with Crippen molar-refractivity contribution in [3.8, 4) is 0 Å². The second kappa shape index (κ2) is 64.4. The molecule has 3 atom stereocenters. The molecule has 0 spiro atoms. The van der Waals surface area contributed by atoms with Crippen LogP contribution < -0.4 is 10.2 Å². The minimum absolute atomic E-state index is 0.0349. The SMILES string of the molecule is CC/C=C\C/C=C\C/C=C\C/C=C\C/C=C\C/C=C\CCCCC(=O)OC(/C=C\CCCCCCCCCCCC)C(COP(=O)([O-])OCC[N+](C)(C)C)NC(=O)CCCCCCCCCCCCCCCC/C=C\C/C=C\C/C=C\CCCCC. The zero-order valence-corrected chi connectivity index (χ0v) is 57.4. The van der Waals surface area contributed by atoms with E-state index in [9.17, 15) is 19.0 Å². The third kappa shape index (κ3) is 64.9. The van der Waals surface area contributed by atoms with Gasteiger partial charge in [0.25, 0.3) is 7.82 Å². The number of hydrogen-bond acceptors (Lipinski definition) is 7. The number of esters is 1. The Kier molecular flexibility index (Phi) is 61.7. The third-order valence-electron chi connectivity index (χ3n) is 15.1. The molecule has 0 aromatic rings. The van der Waals surface area contributed by atoms with Crippen LogP contribution in [-0.4, -0.2) is 69.4 Å². The number of unbranched alkanes of at least 4 members (excludes halogenated alkanes) is 29. The summed E-state index contributed by atoms with van der Waals surface area (Å²) in [7, 11) is 1.15. The first kappa shape index (κ1) is 82.4. The molecule has 1 N–H and O–H groups in total. The van der Waals surface area contributed by atoms with Crippen LogP contribution in [0.3, 0.4) is 0 Å². The van der Waals surface area contributed by atoms with Crippen LogP contribution in [0.5, 0.6) is 0 Å². The van der Waals surface area contributed by atoms with Crippen molar-refractivity contribution in [2.75, 3.05) is 40.9 Å². The summed E-state index contributed by atoms with van der Waals surface area (Å²) in [5.74, 6) is -0.594. The molecule has 0 fully saturated rings. The zero-order chi connectivity index (χ0) is 62.8. The molecule has 10 heteroatoms. The van der Waals surface area contributed by atoms with Crippen molar-refractivity contribution in [2.45, 2.75) is 309 Å². The van der Waals surface area contributed by atoms with Crippen molar-refractivity contribution in [2.24, 2.45) is 0 Å². The summed E-state index contributed by atoms with van der Waals surface area (Å²) in [6.07, 6.45) is 90.4. The number of hydrogen-bond donors (Lipinski definition) is 1. The van der Waals surface area contributed by atoms with Gasteiger partial charge in [-0.15, -0.1) is 0 Å². The highest BCUT2D eigenvalue weighted by atomic mass is 31.2. The smallest absolute Gasteiger partial charge is 0.306 e. The molecule has 494 valence electrons. The summed E-state index contributed by atoms with van der Waals surface area (Å²) in [5, 5.41) is 3.03. The first-order valence-corrected chi connectivity index (χ1v) is 36.8. The van der Waals surface area contributed by atoms with Crippen LogP contribution in [0.15, 0.2) is 122 Å². The quantitative estimate of drug-likeness (QED) is 0.0212. The number of nitrogens with one attached hydrogen (secondary N) is 1. The van der Waals surface area contributed by atoms with Crippen LogP contribution in [0.2, 0.25) is 0 Å². The van der Waals surface area contributed by atoms with Gasteiger partial charge in [-0.05, 0) is 122 Å². The summed E-state index contributed by atoms with van der Waals surface area (Å²) >= 11 is 0. The van der Waals surface area contributed by atoms with Gasteiger partial charge in [0.2, 0.25) is 5.91 Å². The van der Waals surface area contributed by atoms with E-state index in [0.717, 1.165) is 109 Å². The summed E-state index contributed by atoms with van der Waals surface area (Å²) in [5.41, 5.74) is 0.